The maximum Gasteiger partial charge on any atom is 0.243 e. The van der Waals surface area contributed by atoms with Gasteiger partial charge in [0.25, 0.3) is 0 Å². The van der Waals surface area contributed by atoms with Crippen molar-refractivity contribution in [1.29, 1.82) is 0 Å². The molecule has 4 rings (SSSR count). The summed E-state index contributed by atoms with van der Waals surface area (Å²) in [5.41, 5.74) is 7.66. The summed E-state index contributed by atoms with van der Waals surface area (Å²) in [6.45, 7) is -0.645. The van der Waals surface area contributed by atoms with Gasteiger partial charge in [-0.25, -0.2) is 4.98 Å². The van der Waals surface area contributed by atoms with Crippen molar-refractivity contribution in [3.05, 3.63) is 108 Å². The molecule has 1 aromatic heterocycles. The molecule has 4 aromatic rings. The molecule has 15 nitrogen and oxygen atoms in total. The Morgan fingerprint density at radius 1 is 0.636 bits per heavy atom. The van der Waals surface area contributed by atoms with Crippen molar-refractivity contribution in [1.82, 2.24) is 29.9 Å². The van der Waals surface area contributed by atoms with Gasteiger partial charge in [0.1, 0.15) is 30.9 Å². The lowest BCUT2D eigenvalue weighted by atomic mass is 10.1. The number of aromatic nitrogens is 1. The molecule has 292 valence electrons. The smallest absolute Gasteiger partial charge is 0.243 e. The number of pyridine rings is 1. The molecule has 0 unspecified atom stereocenters. The van der Waals surface area contributed by atoms with Gasteiger partial charge in [-0.3, -0.25) is 24.0 Å². The fourth-order valence-corrected chi connectivity index (χ4v) is 5.71. The number of primary amides is 1. The molecule has 0 aliphatic rings. The van der Waals surface area contributed by atoms with E-state index in [-0.39, 0.29) is 64.1 Å². The van der Waals surface area contributed by atoms with Crippen molar-refractivity contribution < 1.29 is 38.6 Å². The molecular weight excluding hydrogens is 706 g/mol. The van der Waals surface area contributed by atoms with Gasteiger partial charge in [0, 0.05) is 45.8 Å². The lowest BCUT2D eigenvalue weighted by Crippen LogP contribution is -2.50. The van der Waals surface area contributed by atoms with E-state index in [1.54, 1.807) is 55.6 Å². The van der Waals surface area contributed by atoms with E-state index in [4.69, 9.17) is 15.2 Å². The minimum atomic E-state index is -0.723. The number of carbonyl (C=O) groups is 5. The number of phenols is 1. The Morgan fingerprint density at radius 2 is 1.18 bits per heavy atom. The fraction of sp³-hybridized carbons (Fsp3) is 0.350. The van der Waals surface area contributed by atoms with Crippen LogP contribution in [0.2, 0.25) is 0 Å². The molecule has 0 atom stereocenters. The lowest BCUT2D eigenvalue weighted by molar-refractivity contribution is -0.147. The first kappa shape index (κ1) is 41.9. The van der Waals surface area contributed by atoms with Gasteiger partial charge in [-0.2, -0.15) is 0 Å². The Balaban J connectivity index is 1.66. The number of nitrogens with one attached hydrogen (secondary N) is 1. The van der Waals surface area contributed by atoms with Crippen LogP contribution in [0.1, 0.15) is 16.8 Å². The summed E-state index contributed by atoms with van der Waals surface area (Å²) in [5, 5.41) is 14.2. The Morgan fingerprint density at radius 3 is 1.75 bits per heavy atom. The number of nitrogens with zero attached hydrogens (tertiary/aromatic N) is 5. The zero-order valence-electron chi connectivity index (χ0n) is 31.3. The number of phenolic OH excluding ortho intramolecular Hbond substituents is 1. The number of hydrogen-bond acceptors (Lipinski definition) is 10. The molecule has 0 bridgehead atoms. The summed E-state index contributed by atoms with van der Waals surface area (Å²) in [7, 11) is 3.02. The topological polar surface area (TPSA) is 188 Å². The summed E-state index contributed by atoms with van der Waals surface area (Å²) in [4.78, 5) is 77.4. The van der Waals surface area contributed by atoms with E-state index in [0.29, 0.717) is 29.7 Å². The standard InChI is InChI=1S/C40H49N7O8/c1-54-20-18-42-22-36(50)45(23-30-10-5-3-6-11-30)28-39(53)47(25-33-17-16-32-14-9-15-34(48)40(32)43-33)29-38(52)46(24-31-12-7-4-8-13-31)27-37(51)44(19-21-55-2)26-35(41)49/h3-17,42,48H,18-29H2,1-2H3,(H2,41,49). The predicted molar refractivity (Wildman–Crippen MR) is 205 cm³/mol. The minimum absolute atomic E-state index is 0.0238. The zero-order valence-corrected chi connectivity index (χ0v) is 31.3. The van der Waals surface area contributed by atoms with Gasteiger partial charge >= 0.3 is 0 Å². The first-order valence-electron chi connectivity index (χ1n) is 17.8. The zero-order chi connectivity index (χ0) is 39.6. The van der Waals surface area contributed by atoms with Crippen molar-refractivity contribution in [2.75, 3.05) is 73.2 Å². The second-order valence-corrected chi connectivity index (χ2v) is 12.8. The van der Waals surface area contributed by atoms with Gasteiger partial charge in [-0.1, -0.05) is 78.9 Å². The van der Waals surface area contributed by atoms with Gasteiger partial charge in [0.05, 0.1) is 38.5 Å². The molecule has 55 heavy (non-hydrogen) atoms. The molecule has 0 aliphatic heterocycles. The van der Waals surface area contributed by atoms with Crippen LogP contribution in [-0.4, -0.2) is 132 Å². The van der Waals surface area contributed by atoms with Crippen LogP contribution >= 0.6 is 0 Å². The summed E-state index contributed by atoms with van der Waals surface area (Å²) < 4.78 is 10.2. The lowest BCUT2D eigenvalue weighted by Gasteiger charge is -2.31. The monoisotopic (exact) mass is 755 g/mol. The molecule has 15 heteroatoms. The van der Waals surface area contributed by atoms with Crippen LogP contribution in [0.3, 0.4) is 0 Å². The molecule has 0 radical (unpaired) electrons. The van der Waals surface area contributed by atoms with Crippen LogP contribution in [-0.2, 0) is 53.1 Å². The van der Waals surface area contributed by atoms with E-state index in [1.165, 1.54) is 32.8 Å². The van der Waals surface area contributed by atoms with Crippen molar-refractivity contribution in [3.8, 4) is 5.75 Å². The first-order chi connectivity index (χ1) is 26.6. The van der Waals surface area contributed by atoms with Gasteiger partial charge in [0.2, 0.25) is 29.5 Å². The highest BCUT2D eigenvalue weighted by Gasteiger charge is 2.28. The van der Waals surface area contributed by atoms with E-state index in [2.05, 4.69) is 10.3 Å². The first-order valence-corrected chi connectivity index (χ1v) is 17.8. The van der Waals surface area contributed by atoms with E-state index in [0.717, 1.165) is 11.1 Å². The van der Waals surface area contributed by atoms with E-state index < -0.39 is 36.7 Å². The number of ether oxygens (including phenoxy) is 2. The second-order valence-electron chi connectivity index (χ2n) is 12.8. The molecule has 1 heterocycles. The average molecular weight is 756 g/mol. The number of benzene rings is 3. The molecule has 5 amide bonds. The quantitative estimate of drug-likeness (QED) is 0.0994. The fourth-order valence-electron chi connectivity index (χ4n) is 5.71. The number of hydrogen-bond donors (Lipinski definition) is 3. The van der Waals surface area contributed by atoms with Crippen molar-refractivity contribution in [2.24, 2.45) is 5.73 Å². The molecule has 4 N–H and O–H groups in total. The van der Waals surface area contributed by atoms with Crippen LogP contribution < -0.4 is 11.1 Å². The Hall–Kier alpha value is -5.90. The summed E-state index contributed by atoms with van der Waals surface area (Å²) in [6, 6.07) is 26.7. The number of carbonyl (C=O) groups excluding carboxylic acids is 5. The van der Waals surface area contributed by atoms with Crippen LogP contribution in [0.15, 0.2) is 91.0 Å². The van der Waals surface area contributed by atoms with Crippen LogP contribution in [0, 0.1) is 0 Å². The Kier molecular flexibility index (Phi) is 16.5. The molecule has 0 saturated heterocycles. The molecule has 3 aromatic carbocycles. The number of rotatable bonds is 22. The third-order valence-corrected chi connectivity index (χ3v) is 8.60. The summed E-state index contributed by atoms with van der Waals surface area (Å²) >= 11 is 0. The van der Waals surface area contributed by atoms with Gasteiger partial charge in [-0.15, -0.1) is 0 Å². The van der Waals surface area contributed by atoms with E-state index >= 15 is 0 Å². The minimum Gasteiger partial charge on any atom is -0.506 e. The molecule has 0 fully saturated rings. The average Bonchev–Trinajstić information content (AvgIpc) is 3.18. The largest absolute Gasteiger partial charge is 0.506 e. The summed E-state index contributed by atoms with van der Waals surface area (Å²) in [6.07, 6.45) is 0. The van der Waals surface area contributed by atoms with Crippen molar-refractivity contribution in [2.45, 2.75) is 19.6 Å². The van der Waals surface area contributed by atoms with Crippen LogP contribution in [0.5, 0.6) is 5.75 Å². The molecular formula is C40H49N7O8. The molecule has 0 spiro atoms. The third kappa shape index (κ3) is 13.5. The van der Waals surface area contributed by atoms with Gasteiger partial charge in [-0.05, 0) is 23.3 Å². The number of nitrogens with two attached hydrogens (primary N) is 1. The number of methoxy groups -OCH3 is 2. The SMILES string of the molecule is COCCNCC(=O)N(CC(=O)N(CC(=O)N(CC(=O)N(CCOC)CC(N)=O)Cc1ccccc1)Cc1ccc2cccc(O)c2n1)Cc1ccccc1. The van der Waals surface area contributed by atoms with Crippen molar-refractivity contribution in [3.63, 3.8) is 0 Å². The van der Waals surface area contributed by atoms with E-state index in [9.17, 15) is 29.1 Å². The van der Waals surface area contributed by atoms with Crippen molar-refractivity contribution >= 4 is 40.4 Å². The highest BCUT2D eigenvalue weighted by Crippen LogP contribution is 2.23. The summed E-state index contributed by atoms with van der Waals surface area (Å²) in [5.74, 6) is -2.76. The molecule has 0 aliphatic carbocycles. The predicted octanol–water partition coefficient (Wildman–Crippen LogP) is 1.52. The van der Waals surface area contributed by atoms with E-state index in [1.807, 2.05) is 36.4 Å². The maximum absolute atomic E-state index is 14.3. The highest BCUT2D eigenvalue weighted by molar-refractivity contribution is 5.91. The number of para-hydroxylation sites is 1. The van der Waals surface area contributed by atoms with Gasteiger partial charge < -0.3 is 45.2 Å². The van der Waals surface area contributed by atoms with Gasteiger partial charge in [0.15, 0.2) is 0 Å². The third-order valence-electron chi connectivity index (χ3n) is 8.60. The van der Waals surface area contributed by atoms with Crippen LogP contribution in [0.25, 0.3) is 10.9 Å². The number of fused-ring (bicyclic) bond motifs is 1. The Labute approximate surface area is 320 Å². The maximum atomic E-state index is 14.3. The van der Waals surface area contributed by atoms with Crippen LogP contribution in [0.4, 0.5) is 0 Å². The second kappa shape index (κ2) is 21.7. The highest BCUT2D eigenvalue weighted by atomic mass is 16.5. The number of amides is 5. The number of aromatic hydroxyl groups is 1. The molecule has 0 saturated carbocycles. The normalized spacial score (nSPS) is 10.9. The Bertz CT molecular complexity index is 1880.